The molecular weight excluding hydrogens is 208 g/mol. The summed E-state index contributed by atoms with van der Waals surface area (Å²) in [4.78, 5) is 14.9. The lowest BCUT2D eigenvalue weighted by atomic mass is 10.2. The third-order valence-electron chi connectivity index (χ3n) is 1.24. The molecule has 0 amide bonds. The van der Waals surface area contributed by atoms with Crippen molar-refractivity contribution in [1.29, 1.82) is 0 Å². The van der Waals surface area contributed by atoms with Gasteiger partial charge in [-0.05, 0) is 28.1 Å². The molecule has 0 saturated heterocycles. The zero-order chi connectivity index (χ0) is 8.27. The van der Waals surface area contributed by atoms with Crippen LogP contribution in [-0.2, 0) is 0 Å². The van der Waals surface area contributed by atoms with Crippen LogP contribution >= 0.6 is 15.9 Å². The van der Waals surface area contributed by atoms with Gasteiger partial charge in [-0.25, -0.2) is 4.98 Å². The Morgan fingerprint density at radius 2 is 2.45 bits per heavy atom. The average molecular weight is 215 g/mol. The maximum Gasteiger partial charge on any atom is 0.179 e. The normalized spacial score (nSPS) is 9.64. The van der Waals surface area contributed by atoms with Crippen molar-refractivity contribution in [3.63, 3.8) is 0 Å². The molecule has 0 spiro atoms. The van der Waals surface area contributed by atoms with Gasteiger partial charge in [0, 0.05) is 6.20 Å². The first-order valence-electron chi connectivity index (χ1n) is 3.09. The predicted octanol–water partition coefficient (Wildman–Crippen LogP) is 0.985. The quantitative estimate of drug-likeness (QED) is 0.591. The highest BCUT2D eigenvalue weighted by Gasteiger charge is 2.06. The fourth-order valence-corrected chi connectivity index (χ4v) is 1.18. The summed E-state index contributed by atoms with van der Waals surface area (Å²) >= 11 is 3.15. The van der Waals surface area contributed by atoms with Crippen molar-refractivity contribution in [3.8, 4) is 0 Å². The number of carbonyl (C=O) groups excluding carboxylic acids is 1. The summed E-state index contributed by atoms with van der Waals surface area (Å²) in [5, 5.41) is 0. The second kappa shape index (κ2) is 3.59. The molecule has 4 heteroatoms. The van der Waals surface area contributed by atoms with E-state index >= 15 is 0 Å². The number of hydrogen-bond donors (Lipinski definition) is 1. The predicted molar refractivity (Wildman–Crippen MR) is 45.3 cm³/mol. The van der Waals surface area contributed by atoms with E-state index in [2.05, 4.69) is 20.9 Å². The van der Waals surface area contributed by atoms with Gasteiger partial charge < -0.3 is 5.73 Å². The summed E-state index contributed by atoms with van der Waals surface area (Å²) < 4.78 is 0.551. The van der Waals surface area contributed by atoms with Gasteiger partial charge in [-0.1, -0.05) is 0 Å². The maximum absolute atomic E-state index is 11.0. The highest BCUT2D eigenvalue weighted by molar-refractivity contribution is 9.10. The van der Waals surface area contributed by atoms with Crippen LogP contribution in [0.25, 0.3) is 0 Å². The molecule has 1 heterocycles. The lowest BCUT2D eigenvalue weighted by Gasteiger charge is -1.97. The second-order valence-corrected chi connectivity index (χ2v) is 2.72. The summed E-state index contributed by atoms with van der Waals surface area (Å²) in [6.45, 7) is 0.0181. The van der Waals surface area contributed by atoms with Crippen LogP contribution in [0.3, 0.4) is 0 Å². The number of aromatic nitrogens is 1. The van der Waals surface area contributed by atoms with Gasteiger partial charge in [0.15, 0.2) is 5.78 Å². The van der Waals surface area contributed by atoms with Crippen molar-refractivity contribution in [3.05, 3.63) is 28.5 Å². The molecule has 0 aliphatic rings. The van der Waals surface area contributed by atoms with E-state index in [0.29, 0.717) is 10.2 Å². The first-order chi connectivity index (χ1) is 5.25. The number of Topliss-reactive ketones (excluding diaryl/α,β-unsaturated/α-hetero) is 1. The summed E-state index contributed by atoms with van der Waals surface area (Å²) in [6.07, 6.45) is 1.61. The Kier molecular flexibility index (Phi) is 2.73. The van der Waals surface area contributed by atoms with E-state index < -0.39 is 0 Å². The molecule has 2 N–H and O–H groups in total. The van der Waals surface area contributed by atoms with Gasteiger partial charge in [0.2, 0.25) is 0 Å². The van der Waals surface area contributed by atoms with Gasteiger partial charge in [-0.15, -0.1) is 0 Å². The van der Waals surface area contributed by atoms with Gasteiger partial charge in [-0.3, -0.25) is 4.79 Å². The van der Waals surface area contributed by atoms with Crippen molar-refractivity contribution >= 4 is 21.7 Å². The van der Waals surface area contributed by atoms with E-state index in [-0.39, 0.29) is 12.3 Å². The average Bonchev–Trinajstić information content (AvgIpc) is 2.04. The fourth-order valence-electron chi connectivity index (χ4n) is 0.704. The van der Waals surface area contributed by atoms with Crippen molar-refractivity contribution < 1.29 is 4.79 Å². The van der Waals surface area contributed by atoms with E-state index in [9.17, 15) is 4.79 Å². The number of halogens is 1. The molecule has 0 atom stereocenters. The molecule has 0 unspecified atom stereocenters. The molecule has 3 nitrogen and oxygen atoms in total. The Morgan fingerprint density at radius 1 is 1.73 bits per heavy atom. The molecule has 0 aliphatic heterocycles. The number of nitrogens with two attached hydrogens (primary N) is 1. The zero-order valence-electron chi connectivity index (χ0n) is 5.75. The number of carbonyl (C=O) groups is 1. The highest BCUT2D eigenvalue weighted by atomic mass is 79.9. The molecule has 58 valence electrons. The number of rotatable bonds is 2. The Hall–Kier alpha value is -0.740. The van der Waals surface area contributed by atoms with Crippen LogP contribution in [-0.4, -0.2) is 17.3 Å². The monoisotopic (exact) mass is 214 g/mol. The molecular formula is C7H7BrN2O. The standard InChI is InChI=1S/C7H7BrN2O/c8-7-5(6(11)4-9)2-1-3-10-7/h1-3H,4,9H2. The van der Waals surface area contributed by atoms with Gasteiger partial charge in [0.1, 0.15) is 4.60 Å². The van der Waals surface area contributed by atoms with Crippen LogP contribution in [0.5, 0.6) is 0 Å². The first-order valence-corrected chi connectivity index (χ1v) is 3.89. The van der Waals surface area contributed by atoms with E-state index in [1.807, 2.05) is 0 Å². The molecule has 0 aromatic carbocycles. The van der Waals surface area contributed by atoms with Crippen LogP contribution in [0.1, 0.15) is 10.4 Å². The fraction of sp³-hybridized carbons (Fsp3) is 0.143. The lowest BCUT2D eigenvalue weighted by Crippen LogP contribution is -2.14. The Bertz CT molecular complexity index is 275. The molecule has 0 fully saturated rings. The Labute approximate surface area is 72.7 Å². The molecule has 0 radical (unpaired) electrons. The zero-order valence-corrected chi connectivity index (χ0v) is 7.34. The van der Waals surface area contributed by atoms with Crippen LogP contribution in [0.15, 0.2) is 22.9 Å². The summed E-state index contributed by atoms with van der Waals surface area (Å²) in [7, 11) is 0. The van der Waals surface area contributed by atoms with Gasteiger partial charge in [0.05, 0.1) is 12.1 Å². The molecule has 0 aliphatic carbocycles. The summed E-state index contributed by atoms with van der Waals surface area (Å²) in [5.74, 6) is -0.107. The molecule has 11 heavy (non-hydrogen) atoms. The molecule has 0 bridgehead atoms. The van der Waals surface area contributed by atoms with E-state index in [1.54, 1.807) is 18.3 Å². The van der Waals surface area contributed by atoms with Crippen LogP contribution in [0, 0.1) is 0 Å². The summed E-state index contributed by atoms with van der Waals surface area (Å²) in [6, 6.07) is 3.39. The van der Waals surface area contributed by atoms with Crippen molar-refractivity contribution in [1.82, 2.24) is 4.98 Å². The minimum Gasteiger partial charge on any atom is -0.324 e. The number of ketones is 1. The van der Waals surface area contributed by atoms with E-state index in [1.165, 1.54) is 0 Å². The molecule has 1 aromatic heterocycles. The van der Waals surface area contributed by atoms with Crippen molar-refractivity contribution in [2.75, 3.05) is 6.54 Å². The highest BCUT2D eigenvalue weighted by Crippen LogP contribution is 2.12. The van der Waals surface area contributed by atoms with Crippen LogP contribution < -0.4 is 5.73 Å². The first kappa shape index (κ1) is 8.36. The maximum atomic E-state index is 11.0. The minimum absolute atomic E-state index is 0.0181. The van der Waals surface area contributed by atoms with Crippen LogP contribution in [0.2, 0.25) is 0 Å². The lowest BCUT2D eigenvalue weighted by molar-refractivity contribution is 0.100. The van der Waals surface area contributed by atoms with Gasteiger partial charge in [0.25, 0.3) is 0 Å². The minimum atomic E-state index is -0.107. The van der Waals surface area contributed by atoms with E-state index in [4.69, 9.17) is 5.73 Å². The number of nitrogens with zero attached hydrogens (tertiary/aromatic N) is 1. The smallest absolute Gasteiger partial charge is 0.179 e. The number of pyridine rings is 1. The van der Waals surface area contributed by atoms with Gasteiger partial charge in [-0.2, -0.15) is 0 Å². The Balaban J connectivity index is 3.03. The van der Waals surface area contributed by atoms with Gasteiger partial charge >= 0.3 is 0 Å². The topological polar surface area (TPSA) is 56.0 Å². The second-order valence-electron chi connectivity index (χ2n) is 1.97. The Morgan fingerprint density at radius 3 is 3.00 bits per heavy atom. The third kappa shape index (κ3) is 1.85. The molecule has 1 aromatic rings. The molecule has 0 saturated carbocycles. The molecule has 1 rings (SSSR count). The SMILES string of the molecule is NCC(=O)c1cccnc1Br. The van der Waals surface area contributed by atoms with Crippen molar-refractivity contribution in [2.24, 2.45) is 5.73 Å². The third-order valence-corrected chi connectivity index (χ3v) is 1.88. The van der Waals surface area contributed by atoms with Crippen molar-refractivity contribution in [2.45, 2.75) is 0 Å². The van der Waals surface area contributed by atoms with E-state index in [0.717, 1.165) is 0 Å². The summed E-state index contributed by atoms with van der Waals surface area (Å²) in [5.41, 5.74) is 5.71. The largest absolute Gasteiger partial charge is 0.324 e. The van der Waals surface area contributed by atoms with Crippen LogP contribution in [0.4, 0.5) is 0 Å². The number of hydrogen-bond acceptors (Lipinski definition) is 3.